The zero-order chi connectivity index (χ0) is 16.7. The summed E-state index contributed by atoms with van der Waals surface area (Å²) in [4.78, 5) is 0. The monoisotopic (exact) mass is 306 g/mol. The van der Waals surface area contributed by atoms with Crippen molar-refractivity contribution in [3.63, 3.8) is 0 Å². The number of rotatable bonds is 2. The van der Waals surface area contributed by atoms with E-state index < -0.39 is 0 Å². The third kappa shape index (κ3) is 5.19. The Kier molecular flexibility index (Phi) is 5.81. The normalized spacial score (nSPS) is 10.0. The van der Waals surface area contributed by atoms with E-state index in [1.54, 1.807) is 24.3 Å². The fourth-order valence-electron chi connectivity index (χ4n) is 2.14. The molecule has 2 nitrogen and oxygen atoms in total. The van der Waals surface area contributed by atoms with Crippen molar-refractivity contribution in [2.75, 3.05) is 0 Å². The maximum Gasteiger partial charge on any atom is 0.115 e. The number of benzene rings is 3. The average Bonchev–Trinajstić information content (AvgIpc) is 2.57. The van der Waals surface area contributed by atoms with E-state index in [1.807, 2.05) is 54.6 Å². The van der Waals surface area contributed by atoms with Gasteiger partial charge in [0.1, 0.15) is 11.5 Å². The van der Waals surface area contributed by atoms with Gasteiger partial charge < -0.3 is 10.2 Å². The fraction of sp³-hybridized carbons (Fsp3) is 0.143. The first-order valence-corrected chi connectivity index (χ1v) is 7.69. The largest absolute Gasteiger partial charge is 0.508 e. The molecule has 0 amide bonds. The number of hydrogen-bond donors (Lipinski definition) is 2. The topological polar surface area (TPSA) is 40.5 Å². The zero-order valence-electron chi connectivity index (χ0n) is 13.5. The average molecular weight is 306 g/mol. The van der Waals surface area contributed by atoms with Crippen molar-refractivity contribution < 1.29 is 10.2 Å². The molecule has 0 saturated heterocycles. The van der Waals surface area contributed by atoms with Crippen LogP contribution in [0.2, 0.25) is 0 Å². The third-order valence-corrected chi connectivity index (χ3v) is 3.53. The molecule has 0 bridgehead atoms. The van der Waals surface area contributed by atoms with Crippen LogP contribution in [0.25, 0.3) is 11.1 Å². The van der Waals surface area contributed by atoms with Crippen LogP contribution in [-0.2, 0) is 0 Å². The molecule has 0 heterocycles. The highest BCUT2D eigenvalue weighted by atomic mass is 16.3. The SMILES string of the molecule is CC(C)c1ccc(O)cc1.Oc1ccc(-c2ccccc2)cc1. The van der Waals surface area contributed by atoms with Crippen LogP contribution in [0.4, 0.5) is 0 Å². The van der Waals surface area contributed by atoms with Crippen molar-refractivity contribution in [3.05, 3.63) is 84.4 Å². The molecule has 0 atom stereocenters. The van der Waals surface area contributed by atoms with Gasteiger partial charge in [-0.25, -0.2) is 0 Å². The third-order valence-electron chi connectivity index (χ3n) is 3.53. The van der Waals surface area contributed by atoms with Crippen molar-refractivity contribution in [2.45, 2.75) is 19.8 Å². The van der Waals surface area contributed by atoms with Crippen LogP contribution in [-0.4, -0.2) is 10.2 Å². The lowest BCUT2D eigenvalue weighted by atomic mass is 10.0. The molecule has 0 aliphatic rings. The predicted molar refractivity (Wildman–Crippen MR) is 95.7 cm³/mol. The summed E-state index contributed by atoms with van der Waals surface area (Å²) in [6.45, 7) is 4.26. The first-order valence-electron chi connectivity index (χ1n) is 7.69. The highest BCUT2D eigenvalue weighted by Crippen LogP contribution is 2.21. The Labute approximate surface area is 137 Å². The van der Waals surface area contributed by atoms with Crippen LogP contribution in [0.5, 0.6) is 11.5 Å². The smallest absolute Gasteiger partial charge is 0.115 e. The lowest BCUT2D eigenvalue weighted by molar-refractivity contribution is 0.474. The summed E-state index contributed by atoms with van der Waals surface area (Å²) >= 11 is 0. The van der Waals surface area contributed by atoms with Crippen molar-refractivity contribution in [3.8, 4) is 22.6 Å². The van der Waals surface area contributed by atoms with Gasteiger partial charge in [0.2, 0.25) is 0 Å². The highest BCUT2D eigenvalue weighted by Gasteiger charge is 1.96. The summed E-state index contributed by atoms with van der Waals surface area (Å²) in [5.74, 6) is 1.18. The molecular formula is C21H22O2. The predicted octanol–water partition coefficient (Wildman–Crippen LogP) is 5.57. The summed E-state index contributed by atoms with van der Waals surface area (Å²) in [6.07, 6.45) is 0. The van der Waals surface area contributed by atoms with Gasteiger partial charge in [-0.2, -0.15) is 0 Å². The lowest BCUT2D eigenvalue weighted by Crippen LogP contribution is -1.84. The van der Waals surface area contributed by atoms with Crippen LogP contribution in [0.3, 0.4) is 0 Å². The van der Waals surface area contributed by atoms with Crippen molar-refractivity contribution >= 4 is 0 Å². The molecule has 0 aliphatic heterocycles. The maximum atomic E-state index is 9.10. The Morgan fingerprint density at radius 3 is 1.48 bits per heavy atom. The highest BCUT2D eigenvalue weighted by molar-refractivity contribution is 5.63. The minimum absolute atomic E-state index is 0.305. The molecule has 0 spiro atoms. The van der Waals surface area contributed by atoms with Crippen LogP contribution in [0, 0.1) is 0 Å². The molecule has 0 fully saturated rings. The molecule has 2 heteroatoms. The zero-order valence-corrected chi connectivity index (χ0v) is 13.5. The number of aromatic hydroxyl groups is 2. The van der Waals surface area contributed by atoms with Crippen molar-refractivity contribution in [2.24, 2.45) is 0 Å². The molecule has 0 radical (unpaired) electrons. The van der Waals surface area contributed by atoms with Gasteiger partial charge in [0.05, 0.1) is 0 Å². The van der Waals surface area contributed by atoms with Gasteiger partial charge in [-0.3, -0.25) is 0 Å². The number of hydrogen-bond acceptors (Lipinski definition) is 2. The second-order valence-corrected chi connectivity index (χ2v) is 5.66. The molecule has 23 heavy (non-hydrogen) atoms. The van der Waals surface area contributed by atoms with Gasteiger partial charge in [0.25, 0.3) is 0 Å². The fourth-order valence-corrected chi connectivity index (χ4v) is 2.14. The minimum Gasteiger partial charge on any atom is -0.508 e. The van der Waals surface area contributed by atoms with Gasteiger partial charge in [0, 0.05) is 0 Å². The van der Waals surface area contributed by atoms with Crippen LogP contribution >= 0.6 is 0 Å². The van der Waals surface area contributed by atoms with Gasteiger partial charge in [-0.05, 0) is 46.9 Å². The van der Waals surface area contributed by atoms with Crippen LogP contribution in [0.15, 0.2) is 78.9 Å². The summed E-state index contributed by atoms with van der Waals surface area (Å²) in [7, 11) is 0. The molecule has 0 unspecified atom stereocenters. The quantitative estimate of drug-likeness (QED) is 0.649. The second kappa shape index (κ2) is 8.04. The molecule has 118 valence electrons. The summed E-state index contributed by atoms with van der Waals surface area (Å²) in [5.41, 5.74) is 3.55. The second-order valence-electron chi connectivity index (χ2n) is 5.66. The van der Waals surface area contributed by atoms with Gasteiger partial charge >= 0.3 is 0 Å². The van der Waals surface area contributed by atoms with E-state index >= 15 is 0 Å². The van der Waals surface area contributed by atoms with E-state index in [0.29, 0.717) is 17.4 Å². The standard InChI is InChI=1S/C12H10O.C9H12O/c13-12-8-6-11(7-9-12)10-4-2-1-3-5-10;1-7(2)8-3-5-9(10)6-4-8/h1-9,13H;3-7,10H,1-2H3. The summed E-state index contributed by atoms with van der Waals surface area (Å²) < 4.78 is 0. The molecule has 0 aliphatic carbocycles. The summed E-state index contributed by atoms with van der Waals surface area (Å²) in [5, 5.41) is 18.0. The molecule has 3 aromatic carbocycles. The van der Waals surface area contributed by atoms with E-state index in [2.05, 4.69) is 13.8 Å². The van der Waals surface area contributed by atoms with Gasteiger partial charge in [0.15, 0.2) is 0 Å². The Bertz CT molecular complexity index is 699. The molecular weight excluding hydrogens is 284 g/mol. The summed E-state index contributed by atoms with van der Waals surface area (Å²) in [6, 6.07) is 24.6. The van der Waals surface area contributed by atoms with E-state index in [0.717, 1.165) is 5.56 Å². The Balaban J connectivity index is 0.000000174. The van der Waals surface area contributed by atoms with Gasteiger partial charge in [-0.15, -0.1) is 0 Å². The molecule has 0 aromatic heterocycles. The van der Waals surface area contributed by atoms with Crippen molar-refractivity contribution in [1.82, 2.24) is 0 Å². The van der Waals surface area contributed by atoms with E-state index in [4.69, 9.17) is 10.2 Å². The molecule has 3 rings (SSSR count). The number of phenols is 2. The Morgan fingerprint density at radius 1 is 0.565 bits per heavy atom. The molecule has 0 saturated carbocycles. The first-order chi connectivity index (χ1) is 11.1. The van der Waals surface area contributed by atoms with Gasteiger partial charge in [-0.1, -0.05) is 68.4 Å². The van der Waals surface area contributed by atoms with Crippen LogP contribution < -0.4 is 0 Å². The lowest BCUT2D eigenvalue weighted by Gasteiger charge is -2.03. The maximum absolute atomic E-state index is 9.10. The Hall–Kier alpha value is -2.74. The van der Waals surface area contributed by atoms with Crippen LogP contribution in [0.1, 0.15) is 25.3 Å². The molecule has 2 N–H and O–H groups in total. The van der Waals surface area contributed by atoms with E-state index in [9.17, 15) is 0 Å². The Morgan fingerprint density at radius 2 is 1.00 bits per heavy atom. The van der Waals surface area contributed by atoms with E-state index in [-0.39, 0.29) is 0 Å². The van der Waals surface area contributed by atoms with E-state index in [1.165, 1.54) is 11.1 Å². The van der Waals surface area contributed by atoms with Crippen molar-refractivity contribution in [1.29, 1.82) is 0 Å². The minimum atomic E-state index is 0.305. The first kappa shape index (κ1) is 16.6. The number of phenolic OH excluding ortho intramolecular Hbond substituents is 2. The molecule has 3 aromatic rings.